The van der Waals surface area contributed by atoms with Crippen molar-refractivity contribution < 1.29 is 4.79 Å². The number of amides is 1. The van der Waals surface area contributed by atoms with Crippen molar-refractivity contribution >= 4 is 5.91 Å². The molecule has 1 saturated heterocycles. The Morgan fingerprint density at radius 2 is 2.00 bits per heavy atom. The van der Waals surface area contributed by atoms with E-state index in [1.807, 2.05) is 0 Å². The van der Waals surface area contributed by atoms with Crippen LogP contribution in [0.15, 0.2) is 0 Å². The minimum Gasteiger partial charge on any atom is -0.354 e. The fraction of sp³-hybridized carbons (Fsp3) is 0.938. The summed E-state index contributed by atoms with van der Waals surface area (Å²) in [6.45, 7) is 6.48. The van der Waals surface area contributed by atoms with Gasteiger partial charge in [-0.15, -0.1) is 0 Å². The van der Waals surface area contributed by atoms with Crippen LogP contribution in [-0.4, -0.2) is 25.0 Å². The molecule has 1 saturated carbocycles. The summed E-state index contributed by atoms with van der Waals surface area (Å²) in [5, 5.41) is 6.57. The Bertz CT molecular complexity index is 289. The second kappa shape index (κ2) is 6.74. The van der Waals surface area contributed by atoms with E-state index in [4.69, 9.17) is 0 Å². The first-order valence-electron chi connectivity index (χ1n) is 8.12. The van der Waals surface area contributed by atoms with E-state index in [0.29, 0.717) is 5.41 Å². The van der Waals surface area contributed by atoms with Crippen LogP contribution in [0.1, 0.15) is 65.2 Å². The second-order valence-electron chi connectivity index (χ2n) is 7.03. The van der Waals surface area contributed by atoms with Crippen LogP contribution in [0.2, 0.25) is 0 Å². The molecule has 0 bridgehead atoms. The number of carbonyl (C=O) groups is 1. The maximum atomic E-state index is 12.2. The van der Waals surface area contributed by atoms with Crippen molar-refractivity contribution in [2.75, 3.05) is 13.1 Å². The van der Waals surface area contributed by atoms with Crippen LogP contribution in [0.25, 0.3) is 0 Å². The van der Waals surface area contributed by atoms with Crippen LogP contribution in [0.5, 0.6) is 0 Å². The molecule has 1 heterocycles. The molecule has 0 spiro atoms. The van der Waals surface area contributed by atoms with E-state index in [-0.39, 0.29) is 11.9 Å². The van der Waals surface area contributed by atoms with Gasteiger partial charge in [-0.1, -0.05) is 33.1 Å². The Morgan fingerprint density at radius 1 is 1.26 bits per heavy atom. The molecule has 0 unspecified atom stereocenters. The average Bonchev–Trinajstić information content (AvgIpc) is 2.85. The first-order chi connectivity index (χ1) is 9.11. The van der Waals surface area contributed by atoms with Gasteiger partial charge in [0, 0.05) is 6.54 Å². The van der Waals surface area contributed by atoms with Gasteiger partial charge in [-0.2, -0.15) is 0 Å². The summed E-state index contributed by atoms with van der Waals surface area (Å²) >= 11 is 0. The second-order valence-corrected chi connectivity index (χ2v) is 7.03. The van der Waals surface area contributed by atoms with Crippen molar-refractivity contribution in [1.29, 1.82) is 0 Å². The van der Waals surface area contributed by atoms with Crippen molar-refractivity contribution in [1.82, 2.24) is 10.6 Å². The van der Waals surface area contributed by atoms with Crippen LogP contribution in [0.4, 0.5) is 0 Å². The van der Waals surface area contributed by atoms with Crippen LogP contribution in [0, 0.1) is 11.3 Å². The van der Waals surface area contributed by atoms with E-state index in [2.05, 4.69) is 24.5 Å². The van der Waals surface area contributed by atoms with Gasteiger partial charge in [0.2, 0.25) is 5.91 Å². The van der Waals surface area contributed by atoms with Crippen molar-refractivity contribution in [2.45, 2.75) is 71.3 Å². The average molecular weight is 266 g/mol. The minimum absolute atomic E-state index is 0.0613. The van der Waals surface area contributed by atoms with Crippen molar-refractivity contribution in [3.63, 3.8) is 0 Å². The van der Waals surface area contributed by atoms with Gasteiger partial charge in [-0.05, 0) is 50.0 Å². The molecule has 19 heavy (non-hydrogen) atoms. The highest BCUT2D eigenvalue weighted by atomic mass is 16.2. The van der Waals surface area contributed by atoms with Crippen molar-refractivity contribution in [3.8, 4) is 0 Å². The Morgan fingerprint density at radius 3 is 2.58 bits per heavy atom. The maximum absolute atomic E-state index is 12.2. The molecule has 110 valence electrons. The monoisotopic (exact) mass is 266 g/mol. The summed E-state index contributed by atoms with van der Waals surface area (Å²) < 4.78 is 0. The van der Waals surface area contributed by atoms with Gasteiger partial charge in [-0.3, -0.25) is 4.79 Å². The summed E-state index contributed by atoms with van der Waals surface area (Å²) in [4.78, 5) is 12.2. The van der Waals surface area contributed by atoms with Gasteiger partial charge in [-0.25, -0.2) is 0 Å². The maximum Gasteiger partial charge on any atom is 0.237 e. The predicted octanol–water partition coefficient (Wildman–Crippen LogP) is 2.85. The van der Waals surface area contributed by atoms with E-state index in [9.17, 15) is 4.79 Å². The van der Waals surface area contributed by atoms with Crippen molar-refractivity contribution in [2.24, 2.45) is 11.3 Å². The molecule has 0 aromatic heterocycles. The van der Waals surface area contributed by atoms with Gasteiger partial charge in [0.1, 0.15) is 0 Å². The van der Waals surface area contributed by atoms with Gasteiger partial charge < -0.3 is 10.6 Å². The molecular weight excluding hydrogens is 236 g/mol. The van der Waals surface area contributed by atoms with Crippen LogP contribution in [0.3, 0.4) is 0 Å². The largest absolute Gasteiger partial charge is 0.354 e. The van der Waals surface area contributed by atoms with E-state index >= 15 is 0 Å². The molecule has 1 atom stereocenters. The van der Waals surface area contributed by atoms with Gasteiger partial charge >= 0.3 is 0 Å². The number of nitrogens with one attached hydrogen (secondary N) is 2. The highest BCUT2D eigenvalue weighted by Gasteiger charge is 2.35. The standard InChI is InChI=1S/C16H30N2O/c1-13(2)11-16(8-4-5-9-16)12-18-15(19)14-7-3-6-10-17-14/h13-14,17H,3-12H2,1-2H3,(H,18,19)/t14-/m0/s1. The van der Waals surface area contributed by atoms with Crippen LogP contribution < -0.4 is 10.6 Å². The Hall–Kier alpha value is -0.570. The highest BCUT2D eigenvalue weighted by molar-refractivity contribution is 5.81. The van der Waals surface area contributed by atoms with Crippen LogP contribution in [-0.2, 0) is 4.79 Å². The molecule has 2 N–H and O–H groups in total. The zero-order valence-electron chi connectivity index (χ0n) is 12.6. The van der Waals surface area contributed by atoms with E-state index in [1.54, 1.807) is 0 Å². The summed E-state index contributed by atoms with van der Waals surface area (Å²) in [5.74, 6) is 0.956. The van der Waals surface area contributed by atoms with E-state index < -0.39 is 0 Å². The molecule has 1 aliphatic carbocycles. The lowest BCUT2D eigenvalue weighted by atomic mass is 9.78. The molecule has 2 aliphatic rings. The third-order valence-electron chi connectivity index (χ3n) is 4.77. The fourth-order valence-electron chi connectivity index (χ4n) is 3.92. The van der Waals surface area contributed by atoms with E-state index in [1.165, 1.54) is 44.9 Å². The lowest BCUT2D eigenvalue weighted by Crippen LogP contribution is -2.49. The number of hydrogen-bond acceptors (Lipinski definition) is 2. The molecular formula is C16H30N2O. The van der Waals surface area contributed by atoms with Crippen molar-refractivity contribution in [3.05, 3.63) is 0 Å². The molecule has 0 aromatic rings. The lowest BCUT2D eigenvalue weighted by molar-refractivity contribution is -0.124. The number of piperidine rings is 1. The third-order valence-corrected chi connectivity index (χ3v) is 4.77. The quantitative estimate of drug-likeness (QED) is 0.803. The normalized spacial score (nSPS) is 26.6. The zero-order valence-corrected chi connectivity index (χ0v) is 12.6. The van der Waals surface area contributed by atoms with Gasteiger partial charge in [0.25, 0.3) is 0 Å². The summed E-state index contributed by atoms with van der Waals surface area (Å²) in [6, 6.07) is 0.0613. The predicted molar refractivity (Wildman–Crippen MR) is 79.0 cm³/mol. The Balaban J connectivity index is 1.82. The first-order valence-corrected chi connectivity index (χ1v) is 8.12. The van der Waals surface area contributed by atoms with Gasteiger partial charge in [0.05, 0.1) is 6.04 Å². The number of hydrogen-bond donors (Lipinski definition) is 2. The van der Waals surface area contributed by atoms with E-state index in [0.717, 1.165) is 25.4 Å². The summed E-state index contributed by atoms with van der Waals surface area (Å²) in [5.41, 5.74) is 0.387. The SMILES string of the molecule is CC(C)CC1(CNC(=O)[C@@H]2CCCCN2)CCCC1. The smallest absolute Gasteiger partial charge is 0.237 e. The fourth-order valence-corrected chi connectivity index (χ4v) is 3.92. The zero-order chi connectivity index (χ0) is 13.7. The molecule has 1 amide bonds. The highest BCUT2D eigenvalue weighted by Crippen LogP contribution is 2.42. The molecule has 2 fully saturated rings. The lowest BCUT2D eigenvalue weighted by Gasteiger charge is -2.32. The summed E-state index contributed by atoms with van der Waals surface area (Å²) in [7, 11) is 0. The third kappa shape index (κ3) is 4.20. The molecule has 3 heteroatoms. The molecule has 2 rings (SSSR count). The molecule has 1 aliphatic heterocycles. The van der Waals surface area contributed by atoms with Gasteiger partial charge in [0.15, 0.2) is 0 Å². The Labute approximate surface area is 117 Å². The first kappa shape index (κ1) is 14.8. The molecule has 0 aromatic carbocycles. The number of carbonyl (C=O) groups excluding carboxylic acids is 1. The number of rotatable bonds is 5. The topological polar surface area (TPSA) is 41.1 Å². The minimum atomic E-state index is 0.0613. The van der Waals surface area contributed by atoms with Crippen LogP contribution >= 0.6 is 0 Å². The Kier molecular flexibility index (Phi) is 5.26. The molecule has 3 nitrogen and oxygen atoms in total. The summed E-state index contributed by atoms with van der Waals surface area (Å²) in [6.07, 6.45) is 9.92. The molecule has 0 radical (unpaired) electrons.